The maximum absolute atomic E-state index is 12.8. The number of nitrogens with zero attached hydrogens (tertiary/aromatic N) is 1. The first kappa shape index (κ1) is 20.0. The third-order valence-corrected chi connectivity index (χ3v) is 5.43. The molecule has 2 nitrogen and oxygen atoms in total. The molecule has 27 heavy (non-hydrogen) atoms. The lowest BCUT2D eigenvalue weighted by Crippen LogP contribution is -2.22. The van der Waals surface area contributed by atoms with Crippen LogP contribution >= 0.6 is 11.8 Å². The van der Waals surface area contributed by atoms with Crippen molar-refractivity contribution < 1.29 is 31.1 Å². The van der Waals surface area contributed by atoms with Gasteiger partial charge in [-0.2, -0.15) is 26.3 Å². The van der Waals surface area contributed by atoms with Crippen LogP contribution in [0.1, 0.15) is 35.8 Å². The zero-order chi connectivity index (χ0) is 19.7. The topological polar surface area (TPSA) is 22.1 Å². The predicted molar refractivity (Wildman–Crippen MR) is 88.3 cm³/mol. The molecule has 1 aromatic carbocycles. The quantitative estimate of drug-likeness (QED) is 0.572. The van der Waals surface area contributed by atoms with E-state index in [1.807, 2.05) is 0 Å². The van der Waals surface area contributed by atoms with Gasteiger partial charge in [0.05, 0.1) is 16.8 Å². The Labute approximate surface area is 155 Å². The Morgan fingerprint density at radius 3 is 2.33 bits per heavy atom. The molecule has 2 aromatic rings. The van der Waals surface area contributed by atoms with Gasteiger partial charge in [-0.15, -0.1) is 11.8 Å². The molecule has 146 valence electrons. The lowest BCUT2D eigenvalue weighted by Gasteiger charge is -2.29. The van der Waals surface area contributed by atoms with Crippen LogP contribution < -0.4 is 0 Å². The number of halogens is 6. The number of pyridine rings is 1. The minimum absolute atomic E-state index is 0.0173. The molecule has 0 bridgehead atoms. The number of rotatable bonds is 3. The van der Waals surface area contributed by atoms with Gasteiger partial charge in [-0.05, 0) is 43.2 Å². The number of hydrogen-bond acceptors (Lipinski definition) is 3. The second-order valence-electron chi connectivity index (χ2n) is 6.12. The van der Waals surface area contributed by atoms with Crippen LogP contribution in [0.4, 0.5) is 26.3 Å². The van der Waals surface area contributed by atoms with Gasteiger partial charge in [-0.3, -0.25) is 4.98 Å². The van der Waals surface area contributed by atoms with Crippen LogP contribution in [-0.4, -0.2) is 16.8 Å². The van der Waals surface area contributed by atoms with Gasteiger partial charge in [-0.25, -0.2) is 0 Å². The standard InChI is InChI=1S/C18H15F6NOS/c19-17(20,21)11-2-1-3-13(8-11)27-14-6-7-26-16(9-14)15-5-4-12(10-25-15)18(22,23)24/h1-5,8,10,14,16H,6-7,9H2. The third-order valence-electron chi connectivity index (χ3n) is 4.14. The van der Waals surface area contributed by atoms with E-state index in [1.54, 1.807) is 6.07 Å². The van der Waals surface area contributed by atoms with Crippen molar-refractivity contribution in [1.82, 2.24) is 4.98 Å². The zero-order valence-electron chi connectivity index (χ0n) is 13.8. The zero-order valence-corrected chi connectivity index (χ0v) is 14.7. The molecule has 0 radical (unpaired) electrons. The van der Waals surface area contributed by atoms with E-state index < -0.39 is 29.6 Å². The summed E-state index contributed by atoms with van der Waals surface area (Å²) < 4.78 is 82.0. The Morgan fingerprint density at radius 1 is 0.963 bits per heavy atom. The van der Waals surface area contributed by atoms with Gasteiger partial charge in [0, 0.05) is 22.9 Å². The molecule has 2 heterocycles. The second kappa shape index (κ2) is 7.71. The minimum Gasteiger partial charge on any atom is -0.372 e. The molecule has 1 saturated heterocycles. The average Bonchev–Trinajstić information content (AvgIpc) is 2.61. The van der Waals surface area contributed by atoms with Crippen LogP contribution in [0.2, 0.25) is 0 Å². The van der Waals surface area contributed by atoms with E-state index >= 15 is 0 Å². The summed E-state index contributed by atoms with van der Waals surface area (Å²) in [6.07, 6.45) is -7.48. The SMILES string of the molecule is FC(F)(F)c1ccc(C2CC(Sc3cccc(C(F)(F)F)c3)CCO2)nc1. The van der Waals surface area contributed by atoms with Gasteiger partial charge in [-0.1, -0.05) is 6.07 Å². The fraction of sp³-hybridized carbons (Fsp3) is 0.389. The predicted octanol–water partition coefficient (Wildman–Crippen LogP) is 6.13. The average molecular weight is 407 g/mol. The summed E-state index contributed by atoms with van der Waals surface area (Å²) in [4.78, 5) is 4.35. The van der Waals surface area contributed by atoms with Crippen LogP contribution in [0.3, 0.4) is 0 Å². The van der Waals surface area contributed by atoms with Gasteiger partial charge < -0.3 is 4.74 Å². The Morgan fingerprint density at radius 2 is 1.70 bits per heavy atom. The van der Waals surface area contributed by atoms with Gasteiger partial charge in [0.1, 0.15) is 6.10 Å². The van der Waals surface area contributed by atoms with Crippen molar-refractivity contribution in [2.45, 2.75) is 41.4 Å². The molecule has 1 fully saturated rings. The van der Waals surface area contributed by atoms with Crippen LogP contribution in [-0.2, 0) is 17.1 Å². The summed E-state index contributed by atoms with van der Waals surface area (Å²) in [5, 5.41) is -0.0173. The van der Waals surface area contributed by atoms with E-state index in [9.17, 15) is 26.3 Å². The molecular formula is C18H15F6NOS. The molecule has 1 aliphatic rings. The first-order chi connectivity index (χ1) is 12.6. The van der Waals surface area contributed by atoms with E-state index in [1.165, 1.54) is 23.9 Å². The monoisotopic (exact) mass is 407 g/mol. The summed E-state index contributed by atoms with van der Waals surface area (Å²) in [6.45, 7) is 0.365. The van der Waals surface area contributed by atoms with Crippen LogP contribution in [0, 0.1) is 0 Å². The van der Waals surface area contributed by atoms with Crippen molar-refractivity contribution in [1.29, 1.82) is 0 Å². The molecular weight excluding hydrogens is 392 g/mol. The maximum Gasteiger partial charge on any atom is 0.417 e. The highest BCUT2D eigenvalue weighted by molar-refractivity contribution is 8.00. The molecule has 1 aliphatic heterocycles. The fourth-order valence-electron chi connectivity index (χ4n) is 2.78. The highest BCUT2D eigenvalue weighted by atomic mass is 32.2. The van der Waals surface area contributed by atoms with Gasteiger partial charge in [0.25, 0.3) is 0 Å². The smallest absolute Gasteiger partial charge is 0.372 e. The molecule has 3 rings (SSSR count). The Bertz CT molecular complexity index is 775. The molecule has 2 unspecified atom stereocenters. The Hall–Kier alpha value is -1.74. The fourth-order valence-corrected chi connectivity index (χ4v) is 4.00. The molecule has 0 amide bonds. The van der Waals surface area contributed by atoms with E-state index in [2.05, 4.69) is 4.98 Å². The summed E-state index contributed by atoms with van der Waals surface area (Å²) in [6, 6.07) is 7.33. The summed E-state index contributed by atoms with van der Waals surface area (Å²) in [7, 11) is 0. The summed E-state index contributed by atoms with van der Waals surface area (Å²) >= 11 is 1.31. The maximum atomic E-state index is 12.8. The molecule has 0 saturated carbocycles. The van der Waals surface area contributed by atoms with Crippen LogP contribution in [0.15, 0.2) is 47.5 Å². The number of aromatic nitrogens is 1. The lowest BCUT2D eigenvalue weighted by molar-refractivity contribution is -0.138. The molecule has 0 aliphatic carbocycles. The van der Waals surface area contributed by atoms with Crippen molar-refractivity contribution in [3.8, 4) is 0 Å². The van der Waals surface area contributed by atoms with Crippen molar-refractivity contribution in [3.05, 3.63) is 59.4 Å². The highest BCUT2D eigenvalue weighted by Gasteiger charge is 2.33. The van der Waals surface area contributed by atoms with Crippen molar-refractivity contribution in [2.24, 2.45) is 0 Å². The molecule has 9 heteroatoms. The van der Waals surface area contributed by atoms with Gasteiger partial charge in [0.2, 0.25) is 0 Å². The van der Waals surface area contributed by atoms with E-state index in [-0.39, 0.29) is 5.25 Å². The molecule has 2 atom stereocenters. The second-order valence-corrected chi connectivity index (χ2v) is 7.49. The normalized spacial score (nSPS) is 21.3. The van der Waals surface area contributed by atoms with Crippen molar-refractivity contribution in [2.75, 3.05) is 6.61 Å². The van der Waals surface area contributed by atoms with Crippen molar-refractivity contribution in [3.63, 3.8) is 0 Å². The number of ether oxygens (including phenoxy) is 1. The number of thioether (sulfide) groups is 1. The first-order valence-corrected chi connectivity index (χ1v) is 8.99. The van der Waals surface area contributed by atoms with E-state index in [0.717, 1.165) is 24.4 Å². The van der Waals surface area contributed by atoms with Crippen LogP contribution in [0.5, 0.6) is 0 Å². The third kappa shape index (κ3) is 5.16. The summed E-state index contributed by atoms with van der Waals surface area (Å²) in [5.41, 5.74) is -1.16. The molecule has 0 N–H and O–H groups in total. The van der Waals surface area contributed by atoms with E-state index in [4.69, 9.17) is 4.74 Å². The minimum atomic E-state index is -4.46. The lowest BCUT2D eigenvalue weighted by atomic mass is 10.0. The van der Waals surface area contributed by atoms with Crippen LogP contribution in [0.25, 0.3) is 0 Å². The Balaban J connectivity index is 1.68. The molecule has 0 spiro atoms. The van der Waals surface area contributed by atoms with Gasteiger partial charge >= 0.3 is 12.4 Å². The highest BCUT2D eigenvalue weighted by Crippen LogP contribution is 2.39. The molecule has 1 aromatic heterocycles. The van der Waals surface area contributed by atoms with Crippen molar-refractivity contribution >= 4 is 11.8 Å². The van der Waals surface area contributed by atoms with Gasteiger partial charge in [0.15, 0.2) is 0 Å². The number of benzene rings is 1. The van der Waals surface area contributed by atoms with E-state index in [0.29, 0.717) is 30.0 Å². The Kier molecular flexibility index (Phi) is 5.71. The number of hydrogen-bond donors (Lipinski definition) is 0. The largest absolute Gasteiger partial charge is 0.417 e. The first-order valence-electron chi connectivity index (χ1n) is 8.11. The number of alkyl halides is 6. The summed E-state index contributed by atoms with van der Waals surface area (Å²) in [5.74, 6) is 0.